The van der Waals surface area contributed by atoms with Crippen molar-refractivity contribution in [1.82, 2.24) is 14.9 Å². The molecule has 0 fully saturated rings. The Kier molecular flexibility index (Phi) is 4.58. The molecule has 0 aliphatic carbocycles. The van der Waals surface area contributed by atoms with Gasteiger partial charge in [-0.2, -0.15) is 0 Å². The number of hydrogen-bond donors (Lipinski definition) is 1. The van der Waals surface area contributed by atoms with Gasteiger partial charge < -0.3 is 14.6 Å². The largest absolute Gasteiger partial charge is 0.485 e. The van der Waals surface area contributed by atoms with Crippen LogP contribution in [0.3, 0.4) is 0 Å². The summed E-state index contributed by atoms with van der Waals surface area (Å²) < 4.78 is 7.88. The summed E-state index contributed by atoms with van der Waals surface area (Å²) in [6.45, 7) is 5.68. The van der Waals surface area contributed by atoms with Crippen LogP contribution in [0.2, 0.25) is 0 Å². The Bertz CT molecular complexity index is 522. The van der Waals surface area contributed by atoms with Crippen LogP contribution in [0.25, 0.3) is 0 Å². The molecule has 1 aromatic heterocycles. The minimum Gasteiger partial charge on any atom is -0.485 e. The van der Waals surface area contributed by atoms with E-state index < -0.39 is 0 Å². The first-order chi connectivity index (χ1) is 9.22. The van der Waals surface area contributed by atoms with E-state index in [1.54, 1.807) is 6.20 Å². The molecule has 1 unspecified atom stereocenters. The molecule has 19 heavy (non-hydrogen) atoms. The summed E-state index contributed by atoms with van der Waals surface area (Å²) in [6.07, 6.45) is 3.71. The Morgan fingerprint density at radius 3 is 2.84 bits per heavy atom. The van der Waals surface area contributed by atoms with E-state index in [4.69, 9.17) is 4.74 Å². The first kappa shape index (κ1) is 13.6. The predicted molar refractivity (Wildman–Crippen MR) is 76.1 cm³/mol. The molecule has 4 heteroatoms. The van der Waals surface area contributed by atoms with E-state index in [1.807, 2.05) is 36.0 Å². The third-order valence-electron chi connectivity index (χ3n) is 3.17. The molecular weight excluding hydrogens is 238 g/mol. The maximum Gasteiger partial charge on any atom is 0.146 e. The van der Waals surface area contributed by atoms with Gasteiger partial charge in [-0.1, -0.05) is 25.1 Å². The summed E-state index contributed by atoms with van der Waals surface area (Å²) in [5, 5.41) is 3.41. The van der Waals surface area contributed by atoms with Gasteiger partial charge in [0.1, 0.15) is 18.2 Å². The van der Waals surface area contributed by atoms with Crippen molar-refractivity contribution in [1.29, 1.82) is 0 Å². The molecule has 0 aliphatic rings. The lowest BCUT2D eigenvalue weighted by molar-refractivity contribution is 0.286. The molecule has 1 aromatic carbocycles. The summed E-state index contributed by atoms with van der Waals surface area (Å²) >= 11 is 0. The van der Waals surface area contributed by atoms with Crippen LogP contribution >= 0.6 is 0 Å². The van der Waals surface area contributed by atoms with E-state index >= 15 is 0 Å². The van der Waals surface area contributed by atoms with Crippen LogP contribution in [0.4, 0.5) is 0 Å². The van der Waals surface area contributed by atoms with E-state index in [0.29, 0.717) is 6.61 Å². The number of aryl methyl sites for hydroxylation is 1. The number of nitrogens with zero attached hydrogens (tertiary/aromatic N) is 2. The molecular formula is C15H21N3O. The zero-order valence-electron chi connectivity index (χ0n) is 11.8. The number of imidazole rings is 1. The molecule has 1 atom stereocenters. The van der Waals surface area contributed by atoms with E-state index in [9.17, 15) is 0 Å². The molecule has 0 radical (unpaired) electrons. The number of rotatable bonds is 6. The van der Waals surface area contributed by atoms with Crippen LogP contribution in [-0.4, -0.2) is 16.1 Å². The lowest BCUT2D eigenvalue weighted by Crippen LogP contribution is -2.18. The number of benzene rings is 1. The fourth-order valence-electron chi connectivity index (χ4n) is 2.06. The van der Waals surface area contributed by atoms with Gasteiger partial charge in [0, 0.05) is 31.0 Å². The lowest BCUT2D eigenvalue weighted by Gasteiger charge is -2.17. The summed E-state index contributed by atoms with van der Waals surface area (Å²) in [4.78, 5) is 4.26. The highest BCUT2D eigenvalue weighted by atomic mass is 16.5. The molecule has 2 rings (SSSR count). The smallest absolute Gasteiger partial charge is 0.146 e. The summed E-state index contributed by atoms with van der Waals surface area (Å²) in [7, 11) is 1.97. The van der Waals surface area contributed by atoms with Crippen LogP contribution in [0, 0.1) is 0 Å². The number of nitrogens with one attached hydrogen (secondary N) is 1. The molecule has 1 heterocycles. The van der Waals surface area contributed by atoms with Gasteiger partial charge in [-0.3, -0.25) is 0 Å². The van der Waals surface area contributed by atoms with Gasteiger partial charge in [-0.15, -0.1) is 0 Å². The number of para-hydroxylation sites is 1. The van der Waals surface area contributed by atoms with Crippen molar-refractivity contribution >= 4 is 0 Å². The third kappa shape index (κ3) is 3.35. The zero-order valence-corrected chi connectivity index (χ0v) is 11.8. The van der Waals surface area contributed by atoms with E-state index in [2.05, 4.69) is 30.2 Å². The van der Waals surface area contributed by atoms with Crippen LogP contribution in [0.15, 0.2) is 36.7 Å². The normalized spacial score (nSPS) is 12.4. The van der Waals surface area contributed by atoms with E-state index in [0.717, 1.165) is 18.1 Å². The van der Waals surface area contributed by atoms with Gasteiger partial charge in [0.05, 0.1) is 0 Å². The second-order valence-electron chi connectivity index (χ2n) is 4.56. The minimum absolute atomic E-state index is 0.280. The van der Waals surface area contributed by atoms with E-state index in [-0.39, 0.29) is 6.04 Å². The third-order valence-corrected chi connectivity index (χ3v) is 3.17. The number of aromatic nitrogens is 2. The molecule has 0 saturated carbocycles. The molecule has 0 saturated heterocycles. The molecule has 0 bridgehead atoms. The van der Waals surface area contributed by atoms with Gasteiger partial charge in [0.15, 0.2) is 0 Å². The van der Waals surface area contributed by atoms with Crippen molar-refractivity contribution in [2.75, 3.05) is 6.54 Å². The minimum atomic E-state index is 0.280. The molecule has 0 spiro atoms. The summed E-state index contributed by atoms with van der Waals surface area (Å²) in [5.41, 5.74) is 1.18. The first-order valence-corrected chi connectivity index (χ1v) is 6.63. The zero-order chi connectivity index (χ0) is 13.7. The highest BCUT2D eigenvalue weighted by Gasteiger charge is 2.10. The van der Waals surface area contributed by atoms with Crippen LogP contribution < -0.4 is 10.1 Å². The van der Waals surface area contributed by atoms with Crippen LogP contribution in [0.1, 0.15) is 31.3 Å². The van der Waals surface area contributed by atoms with Gasteiger partial charge in [-0.05, 0) is 19.5 Å². The molecule has 102 valence electrons. The van der Waals surface area contributed by atoms with Gasteiger partial charge in [0.25, 0.3) is 0 Å². The Balaban J connectivity index is 2.09. The van der Waals surface area contributed by atoms with Gasteiger partial charge in [0.2, 0.25) is 0 Å². The summed E-state index contributed by atoms with van der Waals surface area (Å²) in [5.74, 6) is 1.84. The molecule has 0 aliphatic heterocycles. The van der Waals surface area contributed by atoms with Crippen molar-refractivity contribution in [3.8, 4) is 5.75 Å². The Morgan fingerprint density at radius 2 is 2.16 bits per heavy atom. The molecule has 4 nitrogen and oxygen atoms in total. The standard InChI is InChI=1S/C15H21N3O/c1-4-16-12(2)13-7-5-6-8-14(13)19-11-15-17-9-10-18(15)3/h5-10,12,16H,4,11H2,1-3H3. The monoisotopic (exact) mass is 259 g/mol. The first-order valence-electron chi connectivity index (χ1n) is 6.63. The Labute approximate surface area is 114 Å². The number of ether oxygens (including phenoxy) is 1. The lowest BCUT2D eigenvalue weighted by atomic mass is 10.1. The maximum absolute atomic E-state index is 5.91. The summed E-state index contributed by atoms with van der Waals surface area (Å²) in [6, 6.07) is 8.42. The average Bonchev–Trinajstić information content (AvgIpc) is 2.82. The molecule has 0 amide bonds. The Morgan fingerprint density at radius 1 is 1.37 bits per heavy atom. The van der Waals surface area contributed by atoms with Crippen LogP contribution in [-0.2, 0) is 13.7 Å². The SMILES string of the molecule is CCNC(C)c1ccccc1OCc1nccn1C. The maximum atomic E-state index is 5.91. The van der Waals surface area contributed by atoms with Crippen molar-refractivity contribution < 1.29 is 4.74 Å². The highest BCUT2D eigenvalue weighted by Crippen LogP contribution is 2.25. The van der Waals surface area contributed by atoms with Gasteiger partial charge >= 0.3 is 0 Å². The fraction of sp³-hybridized carbons (Fsp3) is 0.400. The number of hydrogen-bond acceptors (Lipinski definition) is 3. The van der Waals surface area contributed by atoms with Crippen molar-refractivity contribution in [2.45, 2.75) is 26.5 Å². The van der Waals surface area contributed by atoms with Crippen molar-refractivity contribution in [3.05, 3.63) is 48.0 Å². The fourth-order valence-corrected chi connectivity index (χ4v) is 2.06. The second-order valence-corrected chi connectivity index (χ2v) is 4.56. The Hall–Kier alpha value is -1.81. The van der Waals surface area contributed by atoms with Crippen molar-refractivity contribution in [3.63, 3.8) is 0 Å². The van der Waals surface area contributed by atoms with E-state index in [1.165, 1.54) is 5.56 Å². The predicted octanol–water partition coefficient (Wildman–Crippen LogP) is 2.67. The van der Waals surface area contributed by atoms with Crippen molar-refractivity contribution in [2.24, 2.45) is 7.05 Å². The second kappa shape index (κ2) is 6.38. The quantitative estimate of drug-likeness (QED) is 0.867. The molecule has 1 N–H and O–H groups in total. The van der Waals surface area contributed by atoms with Gasteiger partial charge in [-0.25, -0.2) is 4.98 Å². The topological polar surface area (TPSA) is 39.1 Å². The average molecular weight is 259 g/mol. The highest BCUT2D eigenvalue weighted by molar-refractivity contribution is 5.35. The van der Waals surface area contributed by atoms with Crippen LogP contribution in [0.5, 0.6) is 5.75 Å². The molecule has 2 aromatic rings.